The van der Waals surface area contributed by atoms with Crippen LogP contribution < -0.4 is 0 Å². The minimum Gasteiger partial charge on any atom is -0.493 e. The second-order valence-electron chi connectivity index (χ2n) is 3.77. The van der Waals surface area contributed by atoms with Crippen LogP contribution in [-0.2, 0) is 0 Å². The molecule has 2 aromatic rings. The molecule has 0 aliphatic heterocycles. The molecule has 2 heterocycles. The van der Waals surface area contributed by atoms with Crippen molar-refractivity contribution in [3.8, 4) is 5.88 Å². The fourth-order valence-corrected chi connectivity index (χ4v) is 1.83. The van der Waals surface area contributed by atoms with Crippen LogP contribution in [0.5, 0.6) is 5.88 Å². The van der Waals surface area contributed by atoms with Crippen LogP contribution in [0, 0.1) is 0 Å². The largest absolute Gasteiger partial charge is 0.493 e. The van der Waals surface area contributed by atoms with Crippen molar-refractivity contribution in [1.29, 1.82) is 0 Å². The molecule has 0 bridgehead atoms. The van der Waals surface area contributed by atoms with Gasteiger partial charge in [0.15, 0.2) is 5.65 Å². The molecule has 1 fully saturated rings. The Balaban J connectivity index is 2.16. The van der Waals surface area contributed by atoms with Gasteiger partial charge in [0, 0.05) is 18.1 Å². The fraction of sp³-hybridized carbons (Fsp3) is 0.400. The van der Waals surface area contributed by atoms with Crippen LogP contribution in [0.15, 0.2) is 18.3 Å². The summed E-state index contributed by atoms with van der Waals surface area (Å²) in [5, 5.41) is 13.6. The molecule has 3 rings (SSSR count). The van der Waals surface area contributed by atoms with Crippen molar-refractivity contribution >= 4 is 5.65 Å². The van der Waals surface area contributed by atoms with Crippen molar-refractivity contribution in [1.82, 2.24) is 14.6 Å². The van der Waals surface area contributed by atoms with Gasteiger partial charge in [-0.2, -0.15) is 9.61 Å². The Hall–Kier alpha value is -1.58. The minimum absolute atomic E-state index is 0.182. The first-order valence-corrected chi connectivity index (χ1v) is 4.88. The molecule has 1 aliphatic rings. The van der Waals surface area contributed by atoms with Crippen LogP contribution in [0.3, 0.4) is 0 Å². The second kappa shape index (κ2) is 2.70. The number of fused-ring (bicyclic) bond motifs is 1. The zero-order chi connectivity index (χ0) is 9.54. The summed E-state index contributed by atoms with van der Waals surface area (Å²) in [6.07, 6.45) is 5.30. The maximum Gasteiger partial charge on any atom is 0.215 e. The van der Waals surface area contributed by atoms with Crippen LogP contribution in [0.4, 0.5) is 0 Å². The lowest BCUT2D eigenvalue weighted by Crippen LogP contribution is -2.11. The van der Waals surface area contributed by atoms with Gasteiger partial charge in [-0.25, -0.2) is 4.98 Å². The van der Waals surface area contributed by atoms with Crippen molar-refractivity contribution in [2.24, 2.45) is 0 Å². The zero-order valence-corrected chi connectivity index (χ0v) is 7.72. The van der Waals surface area contributed by atoms with Gasteiger partial charge in [-0.15, -0.1) is 0 Å². The molecule has 0 unspecified atom stereocenters. The summed E-state index contributed by atoms with van der Waals surface area (Å²) in [5.74, 6) is 0.725. The van der Waals surface area contributed by atoms with Gasteiger partial charge in [-0.3, -0.25) is 0 Å². The molecule has 4 nitrogen and oxygen atoms in total. The summed E-state index contributed by atoms with van der Waals surface area (Å²) in [4.78, 5) is 4.46. The van der Waals surface area contributed by atoms with E-state index in [1.807, 2.05) is 6.07 Å². The zero-order valence-electron chi connectivity index (χ0n) is 7.72. The predicted octanol–water partition coefficient (Wildman–Crippen LogP) is 1.70. The van der Waals surface area contributed by atoms with Crippen molar-refractivity contribution in [2.75, 3.05) is 0 Å². The molecule has 72 valence electrons. The Morgan fingerprint density at radius 3 is 3.00 bits per heavy atom. The third-order valence-electron chi connectivity index (χ3n) is 2.88. The van der Waals surface area contributed by atoms with Gasteiger partial charge in [0.05, 0.1) is 11.9 Å². The van der Waals surface area contributed by atoms with Crippen LogP contribution in [-0.4, -0.2) is 19.7 Å². The lowest BCUT2D eigenvalue weighted by molar-refractivity contribution is 0.399. The van der Waals surface area contributed by atoms with Gasteiger partial charge >= 0.3 is 0 Å². The molecule has 0 radical (unpaired) electrons. The first-order valence-electron chi connectivity index (χ1n) is 4.88. The van der Waals surface area contributed by atoms with Gasteiger partial charge in [-0.05, 0) is 12.8 Å². The van der Waals surface area contributed by atoms with Gasteiger partial charge in [0.2, 0.25) is 5.88 Å². The maximum absolute atomic E-state index is 9.67. The van der Waals surface area contributed by atoms with Crippen LogP contribution >= 0.6 is 0 Å². The average molecular weight is 189 g/mol. The van der Waals surface area contributed by atoms with Gasteiger partial charge < -0.3 is 5.11 Å². The van der Waals surface area contributed by atoms with E-state index >= 15 is 0 Å². The van der Waals surface area contributed by atoms with Gasteiger partial charge in [-0.1, -0.05) is 6.42 Å². The monoisotopic (exact) mass is 189 g/mol. The van der Waals surface area contributed by atoms with Crippen molar-refractivity contribution in [2.45, 2.75) is 25.2 Å². The van der Waals surface area contributed by atoms with Gasteiger partial charge in [0.1, 0.15) is 0 Å². The van der Waals surface area contributed by atoms with Crippen LogP contribution in [0.2, 0.25) is 0 Å². The first-order chi connectivity index (χ1) is 6.84. The first kappa shape index (κ1) is 7.79. The Morgan fingerprint density at radius 1 is 1.43 bits per heavy atom. The van der Waals surface area contributed by atoms with Crippen molar-refractivity contribution < 1.29 is 5.11 Å². The van der Waals surface area contributed by atoms with E-state index in [-0.39, 0.29) is 5.88 Å². The third-order valence-corrected chi connectivity index (χ3v) is 2.88. The van der Waals surface area contributed by atoms with E-state index < -0.39 is 0 Å². The SMILES string of the molecule is Oc1cc(C2CCC2)nc2ccnn12. The van der Waals surface area contributed by atoms with E-state index in [0.717, 1.165) is 11.3 Å². The highest BCUT2D eigenvalue weighted by Gasteiger charge is 2.22. The summed E-state index contributed by atoms with van der Waals surface area (Å²) in [7, 11) is 0. The number of rotatable bonds is 1. The number of aromatic hydroxyl groups is 1. The summed E-state index contributed by atoms with van der Waals surface area (Å²) < 4.78 is 1.45. The van der Waals surface area contributed by atoms with E-state index in [2.05, 4.69) is 10.1 Å². The standard InChI is InChI=1S/C10H11N3O/c14-10-6-8(7-2-1-3-7)12-9-4-5-11-13(9)10/h4-7,14H,1-3H2. The second-order valence-corrected chi connectivity index (χ2v) is 3.77. The van der Waals surface area contributed by atoms with Crippen molar-refractivity contribution in [3.63, 3.8) is 0 Å². The van der Waals surface area contributed by atoms with E-state index in [9.17, 15) is 5.11 Å². The van der Waals surface area contributed by atoms with Gasteiger partial charge in [0.25, 0.3) is 0 Å². The van der Waals surface area contributed by atoms with E-state index in [1.54, 1.807) is 12.3 Å². The van der Waals surface area contributed by atoms with Crippen LogP contribution in [0.25, 0.3) is 5.65 Å². The number of nitrogens with zero attached hydrogens (tertiary/aromatic N) is 3. The lowest BCUT2D eigenvalue weighted by atomic mass is 9.83. The number of hydrogen-bond acceptors (Lipinski definition) is 3. The van der Waals surface area contributed by atoms with E-state index in [4.69, 9.17) is 0 Å². The molecule has 0 amide bonds. The fourth-order valence-electron chi connectivity index (χ4n) is 1.83. The molecular formula is C10H11N3O. The Labute approximate surface area is 81.2 Å². The normalized spacial score (nSPS) is 17.1. The number of hydrogen-bond donors (Lipinski definition) is 1. The van der Waals surface area contributed by atoms with Crippen LogP contribution in [0.1, 0.15) is 30.9 Å². The maximum atomic E-state index is 9.67. The molecule has 1 saturated carbocycles. The highest BCUT2D eigenvalue weighted by Crippen LogP contribution is 2.36. The smallest absolute Gasteiger partial charge is 0.215 e. The summed E-state index contributed by atoms with van der Waals surface area (Å²) >= 11 is 0. The number of aromatic nitrogens is 3. The summed E-state index contributed by atoms with van der Waals surface area (Å²) in [6.45, 7) is 0. The molecule has 0 saturated heterocycles. The molecule has 4 heteroatoms. The van der Waals surface area contributed by atoms with E-state index in [1.165, 1.54) is 23.8 Å². The molecule has 0 aromatic carbocycles. The lowest BCUT2D eigenvalue weighted by Gasteiger charge is -2.24. The summed E-state index contributed by atoms with van der Waals surface area (Å²) in [6, 6.07) is 3.53. The molecule has 1 aliphatic carbocycles. The molecule has 0 spiro atoms. The highest BCUT2D eigenvalue weighted by molar-refractivity contribution is 5.41. The van der Waals surface area contributed by atoms with Crippen molar-refractivity contribution in [3.05, 3.63) is 24.0 Å². The molecule has 1 N–H and O–H groups in total. The highest BCUT2D eigenvalue weighted by atomic mass is 16.3. The average Bonchev–Trinajstić information content (AvgIpc) is 2.48. The quantitative estimate of drug-likeness (QED) is 0.742. The van der Waals surface area contributed by atoms with E-state index in [0.29, 0.717) is 5.92 Å². The Morgan fingerprint density at radius 2 is 2.29 bits per heavy atom. The molecule has 2 aromatic heterocycles. The topological polar surface area (TPSA) is 50.4 Å². The molecular weight excluding hydrogens is 178 g/mol. The minimum atomic E-state index is 0.182. The third kappa shape index (κ3) is 0.999. The Kier molecular flexibility index (Phi) is 1.50. The predicted molar refractivity (Wildman–Crippen MR) is 51.2 cm³/mol. The summed E-state index contributed by atoms with van der Waals surface area (Å²) in [5.41, 5.74) is 1.73. The molecule has 14 heavy (non-hydrogen) atoms. The molecule has 0 atom stereocenters. The Bertz CT molecular complexity index is 473.